The van der Waals surface area contributed by atoms with Crippen molar-refractivity contribution < 1.29 is 9.47 Å². The van der Waals surface area contributed by atoms with E-state index in [2.05, 4.69) is 32.3 Å². The summed E-state index contributed by atoms with van der Waals surface area (Å²) in [6.07, 6.45) is 6.86. The number of nitrogens with one attached hydrogen (secondary N) is 1. The Morgan fingerprint density at radius 3 is 2.64 bits per heavy atom. The van der Waals surface area contributed by atoms with Gasteiger partial charge in [-0.25, -0.2) is 4.68 Å². The fourth-order valence-electron chi connectivity index (χ4n) is 5.71. The number of ether oxygens (including phenoxy) is 2. The Balaban J connectivity index is 1.49. The van der Waals surface area contributed by atoms with Gasteiger partial charge in [0.05, 0.1) is 11.6 Å². The molecule has 3 aromatic rings. The molecule has 9 heteroatoms. The molecule has 1 saturated carbocycles. The van der Waals surface area contributed by atoms with Gasteiger partial charge in [0.25, 0.3) is 5.56 Å². The van der Waals surface area contributed by atoms with E-state index in [0.29, 0.717) is 42.2 Å². The molecule has 0 bridgehead atoms. The summed E-state index contributed by atoms with van der Waals surface area (Å²) < 4.78 is 13.5. The number of fused-ring (bicyclic) bond motifs is 2. The van der Waals surface area contributed by atoms with Crippen LogP contribution in [0.1, 0.15) is 68.9 Å². The predicted octanol–water partition coefficient (Wildman–Crippen LogP) is 3.22. The topological polar surface area (TPSA) is 98.2 Å². The van der Waals surface area contributed by atoms with Gasteiger partial charge in [0.15, 0.2) is 17.3 Å². The predicted molar refractivity (Wildman–Crippen MR) is 123 cm³/mol. The van der Waals surface area contributed by atoms with Gasteiger partial charge >= 0.3 is 0 Å². The number of tetrazole rings is 1. The smallest absolute Gasteiger partial charge is 0.253 e. The summed E-state index contributed by atoms with van der Waals surface area (Å²) in [5, 5.41) is 13.9. The molecule has 2 fully saturated rings. The van der Waals surface area contributed by atoms with Gasteiger partial charge in [0, 0.05) is 23.6 Å². The first-order valence-corrected chi connectivity index (χ1v) is 12.2. The quantitative estimate of drug-likeness (QED) is 0.652. The van der Waals surface area contributed by atoms with Crippen molar-refractivity contribution in [1.29, 1.82) is 0 Å². The lowest BCUT2D eigenvalue weighted by Crippen LogP contribution is -2.41. The first-order valence-electron chi connectivity index (χ1n) is 12.2. The van der Waals surface area contributed by atoms with Gasteiger partial charge < -0.3 is 14.5 Å². The molecular weight excluding hydrogens is 420 g/mol. The molecule has 1 aromatic carbocycles. The molecule has 174 valence electrons. The van der Waals surface area contributed by atoms with Crippen LogP contribution >= 0.6 is 0 Å². The van der Waals surface area contributed by atoms with Crippen molar-refractivity contribution >= 4 is 10.9 Å². The van der Waals surface area contributed by atoms with Crippen molar-refractivity contribution in [2.24, 2.45) is 5.92 Å². The molecule has 33 heavy (non-hydrogen) atoms. The SMILES string of the molecule is C[C@H]1CCCN([C@@H](c2cc3cc4c(cc3[nH]c2=O)OCCO4)c2nnnn2C2CCCC2)C1. The molecule has 0 spiro atoms. The fourth-order valence-corrected chi connectivity index (χ4v) is 5.71. The maximum Gasteiger partial charge on any atom is 0.253 e. The minimum absolute atomic E-state index is 0.108. The van der Waals surface area contributed by atoms with Crippen LogP contribution in [0.3, 0.4) is 0 Å². The average Bonchev–Trinajstić information content (AvgIpc) is 3.51. The summed E-state index contributed by atoms with van der Waals surface area (Å²) in [4.78, 5) is 18.9. The number of hydrogen-bond acceptors (Lipinski definition) is 7. The van der Waals surface area contributed by atoms with Gasteiger partial charge in [0.2, 0.25) is 0 Å². The molecule has 0 unspecified atom stereocenters. The average molecular weight is 451 g/mol. The third-order valence-electron chi connectivity index (χ3n) is 7.32. The van der Waals surface area contributed by atoms with E-state index in [9.17, 15) is 4.79 Å². The van der Waals surface area contributed by atoms with Gasteiger partial charge in [-0.3, -0.25) is 9.69 Å². The van der Waals surface area contributed by atoms with Crippen molar-refractivity contribution in [3.63, 3.8) is 0 Å². The number of H-pyrrole nitrogens is 1. The summed E-state index contributed by atoms with van der Waals surface area (Å²) in [7, 11) is 0. The minimum Gasteiger partial charge on any atom is -0.486 e. The molecular formula is C24H30N6O3. The third-order valence-corrected chi connectivity index (χ3v) is 7.32. The Bertz CT molecular complexity index is 1210. The van der Waals surface area contributed by atoms with Crippen molar-refractivity contribution in [3.05, 3.63) is 39.9 Å². The number of nitrogens with zero attached hydrogens (tertiary/aromatic N) is 5. The number of aromatic nitrogens is 5. The number of aromatic amines is 1. The molecule has 9 nitrogen and oxygen atoms in total. The van der Waals surface area contributed by atoms with Crippen molar-refractivity contribution in [3.8, 4) is 11.5 Å². The molecule has 0 amide bonds. The van der Waals surface area contributed by atoms with Gasteiger partial charge in [-0.15, -0.1) is 5.10 Å². The fraction of sp³-hybridized carbons (Fsp3) is 0.583. The highest BCUT2D eigenvalue weighted by molar-refractivity contribution is 5.83. The second-order valence-corrected chi connectivity index (χ2v) is 9.70. The summed E-state index contributed by atoms with van der Waals surface area (Å²) >= 11 is 0. The van der Waals surface area contributed by atoms with E-state index in [0.717, 1.165) is 49.1 Å². The van der Waals surface area contributed by atoms with Crippen molar-refractivity contribution in [2.45, 2.75) is 57.5 Å². The molecule has 6 rings (SSSR count). The van der Waals surface area contributed by atoms with E-state index < -0.39 is 0 Å². The van der Waals surface area contributed by atoms with Crippen LogP contribution in [0.25, 0.3) is 10.9 Å². The number of hydrogen-bond donors (Lipinski definition) is 1. The Hall–Kier alpha value is -2.94. The third kappa shape index (κ3) is 3.78. The Morgan fingerprint density at radius 1 is 1.06 bits per heavy atom. The van der Waals surface area contributed by atoms with Crippen LogP contribution in [0, 0.1) is 5.92 Å². The monoisotopic (exact) mass is 450 g/mol. The highest BCUT2D eigenvalue weighted by Crippen LogP contribution is 2.37. The molecule has 2 aromatic heterocycles. The summed E-state index contributed by atoms with van der Waals surface area (Å²) in [5.74, 6) is 2.72. The van der Waals surface area contributed by atoms with Gasteiger partial charge in [-0.05, 0) is 60.7 Å². The molecule has 4 heterocycles. The second-order valence-electron chi connectivity index (χ2n) is 9.70. The number of benzene rings is 1. The van der Waals surface area contributed by atoms with Gasteiger partial charge in [0.1, 0.15) is 19.3 Å². The molecule has 1 saturated heterocycles. The number of rotatable bonds is 4. The zero-order chi connectivity index (χ0) is 22.4. The summed E-state index contributed by atoms with van der Waals surface area (Å²) in [6, 6.07) is 5.82. The molecule has 1 aliphatic carbocycles. The lowest BCUT2D eigenvalue weighted by molar-refractivity contribution is 0.139. The lowest BCUT2D eigenvalue weighted by Gasteiger charge is -2.36. The Labute approximate surface area is 192 Å². The molecule has 2 aliphatic heterocycles. The molecule has 3 aliphatic rings. The minimum atomic E-state index is -0.287. The zero-order valence-corrected chi connectivity index (χ0v) is 19.0. The number of pyridine rings is 1. The van der Waals surface area contributed by atoms with E-state index in [1.165, 1.54) is 19.3 Å². The van der Waals surface area contributed by atoms with Crippen LogP contribution in [0.2, 0.25) is 0 Å². The van der Waals surface area contributed by atoms with Crippen LogP contribution in [-0.4, -0.2) is 56.4 Å². The van der Waals surface area contributed by atoms with E-state index >= 15 is 0 Å². The van der Waals surface area contributed by atoms with E-state index in [1.807, 2.05) is 22.9 Å². The first kappa shape index (κ1) is 20.7. The lowest BCUT2D eigenvalue weighted by atomic mass is 9.95. The second kappa shape index (κ2) is 8.44. The van der Waals surface area contributed by atoms with Crippen LogP contribution < -0.4 is 15.0 Å². The summed E-state index contributed by atoms with van der Waals surface area (Å²) in [5.41, 5.74) is 1.32. The van der Waals surface area contributed by atoms with Crippen molar-refractivity contribution in [1.82, 2.24) is 30.1 Å². The Morgan fingerprint density at radius 2 is 1.85 bits per heavy atom. The zero-order valence-electron chi connectivity index (χ0n) is 19.0. The molecule has 1 N–H and O–H groups in total. The van der Waals surface area contributed by atoms with Gasteiger partial charge in [-0.1, -0.05) is 19.8 Å². The molecule has 2 atom stereocenters. The largest absolute Gasteiger partial charge is 0.486 e. The maximum atomic E-state index is 13.5. The Kier molecular flexibility index (Phi) is 5.28. The van der Waals surface area contributed by atoms with E-state index in [-0.39, 0.29) is 11.6 Å². The first-order chi connectivity index (χ1) is 16.2. The van der Waals surface area contributed by atoms with Crippen LogP contribution in [0.5, 0.6) is 11.5 Å². The van der Waals surface area contributed by atoms with E-state index in [4.69, 9.17) is 9.47 Å². The van der Waals surface area contributed by atoms with Crippen LogP contribution in [-0.2, 0) is 0 Å². The summed E-state index contributed by atoms with van der Waals surface area (Å²) in [6.45, 7) is 5.16. The van der Waals surface area contributed by atoms with Crippen molar-refractivity contribution in [2.75, 3.05) is 26.3 Å². The highest BCUT2D eigenvalue weighted by atomic mass is 16.6. The van der Waals surface area contributed by atoms with E-state index in [1.54, 1.807) is 0 Å². The van der Waals surface area contributed by atoms with Crippen LogP contribution in [0.4, 0.5) is 0 Å². The maximum absolute atomic E-state index is 13.5. The van der Waals surface area contributed by atoms with Crippen LogP contribution in [0.15, 0.2) is 23.0 Å². The van der Waals surface area contributed by atoms with Gasteiger partial charge in [-0.2, -0.15) is 0 Å². The number of piperidine rings is 1. The number of likely N-dealkylation sites (tertiary alicyclic amines) is 1. The standard InChI is InChI=1S/C24H30N6O3/c1-15-5-4-8-29(14-15)22(23-26-27-28-30(23)17-6-2-3-7-17)18-11-16-12-20-21(33-10-9-32-20)13-19(16)25-24(18)31/h11-13,15,17,22H,2-10,14H2,1H3,(H,25,31)/t15-,22-/m0/s1. The normalized spacial score (nSPS) is 22.6. The highest BCUT2D eigenvalue weighted by Gasteiger charge is 2.35. The molecule has 0 radical (unpaired) electrons.